The van der Waals surface area contributed by atoms with E-state index in [-0.39, 0.29) is 5.91 Å². The number of anilines is 2. The maximum Gasteiger partial charge on any atom is 0.221 e. The molecule has 0 spiro atoms. The molecule has 1 aromatic carbocycles. The van der Waals surface area contributed by atoms with Crippen LogP contribution < -0.4 is 10.2 Å². The van der Waals surface area contributed by atoms with Crippen LogP contribution in [0.4, 0.5) is 11.4 Å². The first-order chi connectivity index (χ1) is 11.4. The Morgan fingerprint density at radius 2 is 1.83 bits per heavy atom. The van der Waals surface area contributed by atoms with Crippen molar-refractivity contribution in [3.63, 3.8) is 0 Å². The molecule has 6 heteroatoms. The van der Waals surface area contributed by atoms with Crippen molar-refractivity contribution in [2.24, 2.45) is 0 Å². The first kappa shape index (κ1) is 16.5. The number of benzene rings is 1. The van der Waals surface area contributed by atoms with Crippen LogP contribution in [0.25, 0.3) is 5.69 Å². The maximum atomic E-state index is 11.6. The number of hydrogen-bond acceptors (Lipinski definition) is 4. The normalized spacial score (nSPS) is 15.6. The van der Waals surface area contributed by atoms with Crippen molar-refractivity contribution >= 4 is 17.3 Å². The van der Waals surface area contributed by atoms with Crippen LogP contribution in [0, 0.1) is 13.8 Å². The average Bonchev–Trinajstić information content (AvgIpc) is 2.86. The van der Waals surface area contributed by atoms with Crippen LogP contribution in [-0.4, -0.2) is 53.8 Å². The Balaban J connectivity index is 2.00. The summed E-state index contributed by atoms with van der Waals surface area (Å²) in [6.45, 7) is 9.66. The van der Waals surface area contributed by atoms with Crippen LogP contribution in [0.15, 0.2) is 24.3 Å². The Hall–Kier alpha value is -2.34. The Morgan fingerprint density at radius 1 is 1.12 bits per heavy atom. The van der Waals surface area contributed by atoms with Crippen molar-refractivity contribution in [3.8, 4) is 5.69 Å². The minimum atomic E-state index is -0.0786. The topological polar surface area (TPSA) is 53.4 Å². The molecule has 1 saturated heterocycles. The van der Waals surface area contributed by atoms with Crippen molar-refractivity contribution in [1.29, 1.82) is 0 Å². The molecule has 2 heterocycles. The van der Waals surface area contributed by atoms with Crippen LogP contribution >= 0.6 is 0 Å². The number of piperazine rings is 1. The summed E-state index contributed by atoms with van der Waals surface area (Å²) in [6.07, 6.45) is 0. The van der Waals surface area contributed by atoms with Gasteiger partial charge in [-0.1, -0.05) is 0 Å². The largest absolute Gasteiger partial charge is 0.369 e. The molecule has 1 fully saturated rings. The van der Waals surface area contributed by atoms with E-state index in [9.17, 15) is 4.79 Å². The highest BCUT2D eigenvalue weighted by atomic mass is 16.1. The lowest BCUT2D eigenvalue weighted by Gasteiger charge is -2.34. The third-order valence-electron chi connectivity index (χ3n) is 4.40. The third-order valence-corrected chi connectivity index (χ3v) is 4.40. The summed E-state index contributed by atoms with van der Waals surface area (Å²) in [6, 6.07) is 8.21. The van der Waals surface area contributed by atoms with E-state index in [0.29, 0.717) is 0 Å². The first-order valence-electron chi connectivity index (χ1n) is 8.33. The predicted octanol–water partition coefficient (Wildman–Crippen LogP) is 2.20. The summed E-state index contributed by atoms with van der Waals surface area (Å²) < 4.78 is 1.90. The zero-order valence-electron chi connectivity index (χ0n) is 14.8. The quantitative estimate of drug-likeness (QED) is 0.939. The van der Waals surface area contributed by atoms with Gasteiger partial charge >= 0.3 is 0 Å². The number of carbonyl (C=O) groups excluding carboxylic acids is 1. The molecule has 0 radical (unpaired) electrons. The van der Waals surface area contributed by atoms with E-state index in [1.807, 2.05) is 30.7 Å². The van der Waals surface area contributed by atoms with Crippen molar-refractivity contribution < 1.29 is 4.79 Å². The maximum absolute atomic E-state index is 11.6. The summed E-state index contributed by atoms with van der Waals surface area (Å²) in [5.41, 5.74) is 4.87. The molecule has 0 bridgehead atoms. The van der Waals surface area contributed by atoms with Crippen LogP contribution in [0.3, 0.4) is 0 Å². The van der Waals surface area contributed by atoms with Crippen LogP contribution in [-0.2, 0) is 4.79 Å². The second kappa shape index (κ2) is 6.65. The number of aromatic nitrogens is 2. The molecule has 1 aliphatic rings. The predicted molar refractivity (Wildman–Crippen MR) is 97.1 cm³/mol. The fourth-order valence-corrected chi connectivity index (χ4v) is 3.12. The van der Waals surface area contributed by atoms with E-state index in [1.54, 1.807) is 0 Å². The molecule has 0 atom stereocenters. The van der Waals surface area contributed by atoms with E-state index < -0.39 is 0 Å². The van der Waals surface area contributed by atoms with Gasteiger partial charge in [-0.3, -0.25) is 4.79 Å². The molecule has 0 unspecified atom stereocenters. The molecule has 1 aromatic heterocycles. The van der Waals surface area contributed by atoms with Gasteiger partial charge in [0.05, 0.1) is 17.1 Å². The van der Waals surface area contributed by atoms with Crippen LogP contribution in [0.2, 0.25) is 0 Å². The van der Waals surface area contributed by atoms with Gasteiger partial charge in [-0.2, -0.15) is 5.10 Å². The van der Waals surface area contributed by atoms with E-state index in [4.69, 9.17) is 0 Å². The van der Waals surface area contributed by atoms with Crippen LogP contribution in [0.1, 0.15) is 18.3 Å². The van der Waals surface area contributed by atoms with Gasteiger partial charge in [0.15, 0.2) is 0 Å². The molecule has 1 aliphatic heterocycles. The molecule has 24 heavy (non-hydrogen) atoms. The molecule has 3 rings (SSSR count). The van der Waals surface area contributed by atoms with Gasteiger partial charge in [0.1, 0.15) is 0 Å². The lowest BCUT2D eigenvalue weighted by atomic mass is 10.2. The number of carbonyl (C=O) groups is 1. The average molecular weight is 327 g/mol. The second-order valence-corrected chi connectivity index (χ2v) is 6.51. The van der Waals surface area contributed by atoms with Gasteiger partial charge in [0.25, 0.3) is 0 Å². The lowest BCUT2D eigenvalue weighted by molar-refractivity contribution is -0.114. The summed E-state index contributed by atoms with van der Waals surface area (Å²) in [4.78, 5) is 16.3. The number of nitrogens with one attached hydrogen (secondary N) is 1. The van der Waals surface area contributed by atoms with Gasteiger partial charge in [0.2, 0.25) is 5.91 Å². The number of likely N-dealkylation sites (N-methyl/N-ethyl adjacent to an activating group) is 1. The highest BCUT2D eigenvalue weighted by Gasteiger charge is 2.17. The van der Waals surface area contributed by atoms with Crippen molar-refractivity contribution in [2.75, 3.05) is 43.4 Å². The fourth-order valence-electron chi connectivity index (χ4n) is 3.12. The van der Waals surface area contributed by atoms with Crippen molar-refractivity contribution in [2.45, 2.75) is 20.8 Å². The Labute approximate surface area is 143 Å². The monoisotopic (exact) mass is 327 g/mol. The number of nitrogens with zero attached hydrogens (tertiary/aromatic N) is 4. The molecule has 6 nitrogen and oxygen atoms in total. The standard InChI is InChI=1S/C18H25N5O/c1-13-11-14(2)23(20-13)18-12-16(5-6-17(18)19-15(3)24)22-9-7-21(4)8-10-22/h5-6,11-12H,7-10H2,1-4H3,(H,19,24). The minimum Gasteiger partial charge on any atom is -0.369 e. The molecule has 0 aliphatic carbocycles. The number of hydrogen-bond donors (Lipinski definition) is 1. The Bertz CT molecular complexity index is 744. The van der Waals surface area contributed by atoms with E-state index >= 15 is 0 Å². The van der Waals surface area contributed by atoms with Crippen molar-refractivity contribution in [3.05, 3.63) is 35.7 Å². The van der Waals surface area contributed by atoms with Gasteiger partial charge in [-0.25, -0.2) is 4.68 Å². The van der Waals surface area contributed by atoms with Crippen LogP contribution in [0.5, 0.6) is 0 Å². The Kier molecular flexibility index (Phi) is 4.57. The molecule has 1 N–H and O–H groups in total. The third kappa shape index (κ3) is 3.43. The molecular weight excluding hydrogens is 302 g/mol. The van der Waals surface area contributed by atoms with E-state index in [2.05, 4.69) is 39.4 Å². The summed E-state index contributed by atoms with van der Waals surface area (Å²) in [5.74, 6) is -0.0786. The number of rotatable bonds is 3. The summed E-state index contributed by atoms with van der Waals surface area (Å²) >= 11 is 0. The van der Waals surface area contributed by atoms with Gasteiger partial charge in [0, 0.05) is 44.5 Å². The minimum absolute atomic E-state index is 0.0786. The highest BCUT2D eigenvalue weighted by molar-refractivity contribution is 5.91. The van der Waals surface area contributed by atoms with Gasteiger partial charge in [-0.15, -0.1) is 0 Å². The molecule has 0 saturated carbocycles. The fraction of sp³-hybridized carbons (Fsp3) is 0.444. The lowest BCUT2D eigenvalue weighted by Crippen LogP contribution is -2.44. The smallest absolute Gasteiger partial charge is 0.221 e. The number of aryl methyl sites for hydroxylation is 2. The summed E-state index contributed by atoms with van der Waals surface area (Å²) in [5, 5.41) is 7.50. The van der Waals surface area contributed by atoms with E-state index in [0.717, 1.165) is 48.9 Å². The SMILES string of the molecule is CC(=O)Nc1ccc(N2CCN(C)CC2)cc1-n1nc(C)cc1C. The molecular formula is C18H25N5O. The van der Waals surface area contributed by atoms with Crippen molar-refractivity contribution in [1.82, 2.24) is 14.7 Å². The molecule has 1 amide bonds. The zero-order valence-corrected chi connectivity index (χ0v) is 14.8. The highest BCUT2D eigenvalue weighted by Crippen LogP contribution is 2.28. The van der Waals surface area contributed by atoms with Gasteiger partial charge in [-0.05, 0) is 45.2 Å². The zero-order chi connectivity index (χ0) is 17.3. The van der Waals surface area contributed by atoms with Gasteiger partial charge < -0.3 is 15.1 Å². The molecule has 2 aromatic rings. The second-order valence-electron chi connectivity index (χ2n) is 6.51. The molecule has 128 valence electrons. The number of amides is 1. The Morgan fingerprint density at radius 3 is 2.42 bits per heavy atom. The van der Waals surface area contributed by atoms with E-state index in [1.165, 1.54) is 12.6 Å². The first-order valence-corrected chi connectivity index (χ1v) is 8.33. The summed E-state index contributed by atoms with van der Waals surface area (Å²) in [7, 11) is 2.15.